The van der Waals surface area contributed by atoms with Crippen molar-refractivity contribution in [1.82, 2.24) is 4.90 Å². The minimum Gasteiger partial charge on any atom is -0.468 e. The molecule has 2 aliphatic carbocycles. The monoisotopic (exact) mass is 262 g/mol. The van der Waals surface area contributed by atoms with Crippen molar-refractivity contribution in [1.29, 1.82) is 0 Å². The molecule has 3 nitrogen and oxygen atoms in total. The van der Waals surface area contributed by atoms with Gasteiger partial charge in [-0.1, -0.05) is 12.8 Å². The molecule has 3 rings (SSSR count). The standard InChI is InChI=1S/C16H26N2O/c1-18(11-15-5-3-9-19-15)16(12-17)8-2-4-14(10-16)13-6-7-13/h3,5,9,13-14H,2,4,6-8,10-12,17H2,1H3. The maximum atomic E-state index is 6.18. The van der Waals surface area contributed by atoms with Gasteiger partial charge in [-0.2, -0.15) is 0 Å². The molecule has 19 heavy (non-hydrogen) atoms. The van der Waals surface area contributed by atoms with E-state index in [0.29, 0.717) is 0 Å². The zero-order valence-electron chi connectivity index (χ0n) is 12.0. The second kappa shape index (κ2) is 5.29. The zero-order chi connectivity index (χ0) is 13.3. The SMILES string of the molecule is CN(Cc1ccco1)C1(CN)CCCC(C2CC2)C1. The summed E-state index contributed by atoms with van der Waals surface area (Å²) in [6, 6.07) is 4.02. The normalized spacial score (nSPS) is 31.8. The van der Waals surface area contributed by atoms with Gasteiger partial charge in [0, 0.05) is 12.1 Å². The second-order valence-corrected chi connectivity index (χ2v) is 6.56. The van der Waals surface area contributed by atoms with E-state index >= 15 is 0 Å². The van der Waals surface area contributed by atoms with Crippen LogP contribution in [0.15, 0.2) is 22.8 Å². The van der Waals surface area contributed by atoms with E-state index in [1.807, 2.05) is 6.07 Å². The van der Waals surface area contributed by atoms with Crippen LogP contribution in [-0.2, 0) is 6.54 Å². The predicted octanol–water partition coefficient (Wildman–Crippen LogP) is 3.01. The quantitative estimate of drug-likeness (QED) is 0.887. The summed E-state index contributed by atoms with van der Waals surface area (Å²) in [5.41, 5.74) is 6.37. The zero-order valence-corrected chi connectivity index (χ0v) is 12.0. The third-order valence-electron chi connectivity index (χ3n) is 5.31. The molecule has 3 heteroatoms. The summed E-state index contributed by atoms with van der Waals surface area (Å²) in [7, 11) is 2.21. The topological polar surface area (TPSA) is 42.4 Å². The largest absolute Gasteiger partial charge is 0.468 e. The van der Waals surface area contributed by atoms with Gasteiger partial charge in [-0.25, -0.2) is 0 Å². The lowest BCUT2D eigenvalue weighted by molar-refractivity contribution is 0.0413. The first-order valence-corrected chi connectivity index (χ1v) is 7.67. The van der Waals surface area contributed by atoms with E-state index < -0.39 is 0 Å². The van der Waals surface area contributed by atoms with Crippen LogP contribution in [0.5, 0.6) is 0 Å². The van der Waals surface area contributed by atoms with Crippen LogP contribution in [0.1, 0.15) is 44.3 Å². The van der Waals surface area contributed by atoms with Crippen molar-refractivity contribution in [2.24, 2.45) is 17.6 Å². The van der Waals surface area contributed by atoms with Gasteiger partial charge in [0.2, 0.25) is 0 Å². The number of hydrogen-bond acceptors (Lipinski definition) is 3. The van der Waals surface area contributed by atoms with Gasteiger partial charge in [0.05, 0.1) is 12.8 Å². The molecule has 2 aliphatic rings. The van der Waals surface area contributed by atoms with Gasteiger partial charge < -0.3 is 10.2 Å². The molecule has 1 aromatic heterocycles. The van der Waals surface area contributed by atoms with Crippen LogP contribution in [0, 0.1) is 11.8 Å². The Morgan fingerprint density at radius 2 is 2.21 bits per heavy atom. The molecule has 0 bridgehead atoms. The number of furan rings is 1. The summed E-state index contributed by atoms with van der Waals surface area (Å²) in [4.78, 5) is 2.44. The van der Waals surface area contributed by atoms with E-state index in [9.17, 15) is 0 Å². The predicted molar refractivity (Wildman–Crippen MR) is 76.6 cm³/mol. The molecule has 0 saturated heterocycles. The minimum absolute atomic E-state index is 0.193. The highest BCUT2D eigenvalue weighted by Crippen LogP contribution is 2.47. The molecular weight excluding hydrogens is 236 g/mol. The van der Waals surface area contributed by atoms with Crippen LogP contribution < -0.4 is 5.73 Å². The van der Waals surface area contributed by atoms with Crippen LogP contribution in [0.4, 0.5) is 0 Å². The molecule has 1 heterocycles. The molecule has 2 fully saturated rings. The number of nitrogens with zero attached hydrogens (tertiary/aromatic N) is 1. The lowest BCUT2D eigenvalue weighted by atomic mass is 9.73. The number of hydrogen-bond donors (Lipinski definition) is 1. The Morgan fingerprint density at radius 3 is 2.84 bits per heavy atom. The average molecular weight is 262 g/mol. The first kappa shape index (κ1) is 13.2. The van der Waals surface area contributed by atoms with E-state index in [-0.39, 0.29) is 5.54 Å². The molecular formula is C16H26N2O. The Labute approximate surface area is 116 Å². The van der Waals surface area contributed by atoms with Gasteiger partial charge in [0.1, 0.15) is 5.76 Å². The van der Waals surface area contributed by atoms with Crippen molar-refractivity contribution in [2.45, 2.75) is 50.6 Å². The Bertz CT molecular complexity index is 399. The number of nitrogens with two attached hydrogens (primary N) is 1. The van der Waals surface area contributed by atoms with E-state index in [2.05, 4.69) is 18.0 Å². The maximum absolute atomic E-state index is 6.18. The van der Waals surface area contributed by atoms with Crippen LogP contribution in [-0.4, -0.2) is 24.0 Å². The maximum Gasteiger partial charge on any atom is 0.117 e. The fraction of sp³-hybridized carbons (Fsp3) is 0.750. The van der Waals surface area contributed by atoms with Crippen molar-refractivity contribution in [2.75, 3.05) is 13.6 Å². The molecule has 0 spiro atoms. The summed E-state index contributed by atoms with van der Waals surface area (Å²) in [6.45, 7) is 1.65. The molecule has 0 amide bonds. The van der Waals surface area contributed by atoms with Crippen LogP contribution in [0.3, 0.4) is 0 Å². The van der Waals surface area contributed by atoms with Crippen LogP contribution >= 0.6 is 0 Å². The van der Waals surface area contributed by atoms with Gasteiger partial charge in [-0.15, -0.1) is 0 Å². The van der Waals surface area contributed by atoms with Crippen molar-refractivity contribution in [3.63, 3.8) is 0 Å². The van der Waals surface area contributed by atoms with E-state index in [1.165, 1.54) is 38.5 Å². The fourth-order valence-electron chi connectivity index (χ4n) is 3.85. The summed E-state index contributed by atoms with van der Waals surface area (Å²) in [6.07, 6.45) is 9.93. The molecule has 2 saturated carbocycles. The van der Waals surface area contributed by atoms with Crippen LogP contribution in [0.2, 0.25) is 0 Å². The first-order valence-electron chi connectivity index (χ1n) is 7.67. The van der Waals surface area contributed by atoms with Crippen LogP contribution in [0.25, 0.3) is 0 Å². The van der Waals surface area contributed by atoms with Gasteiger partial charge in [0.15, 0.2) is 0 Å². The lowest BCUT2D eigenvalue weighted by Gasteiger charge is -2.46. The molecule has 0 radical (unpaired) electrons. The minimum atomic E-state index is 0.193. The van der Waals surface area contributed by atoms with Gasteiger partial charge in [0.25, 0.3) is 0 Å². The highest BCUT2D eigenvalue weighted by molar-refractivity contribution is 5.03. The smallest absolute Gasteiger partial charge is 0.117 e. The molecule has 2 unspecified atom stereocenters. The van der Waals surface area contributed by atoms with E-state index in [4.69, 9.17) is 10.2 Å². The Morgan fingerprint density at radius 1 is 1.37 bits per heavy atom. The molecule has 2 atom stereocenters. The Hall–Kier alpha value is -0.800. The van der Waals surface area contributed by atoms with Gasteiger partial charge in [-0.3, -0.25) is 4.90 Å². The number of likely N-dealkylation sites (N-methyl/N-ethyl adjacent to an activating group) is 1. The third-order valence-corrected chi connectivity index (χ3v) is 5.31. The second-order valence-electron chi connectivity index (χ2n) is 6.56. The van der Waals surface area contributed by atoms with E-state index in [1.54, 1.807) is 6.26 Å². The summed E-state index contributed by atoms with van der Waals surface area (Å²) in [5, 5.41) is 0. The fourth-order valence-corrected chi connectivity index (χ4v) is 3.85. The Balaban J connectivity index is 1.69. The molecule has 0 aliphatic heterocycles. The van der Waals surface area contributed by atoms with Gasteiger partial charge in [-0.05, 0) is 56.7 Å². The first-order chi connectivity index (χ1) is 9.23. The van der Waals surface area contributed by atoms with Crippen molar-refractivity contribution < 1.29 is 4.42 Å². The molecule has 0 aromatic carbocycles. The summed E-state index contributed by atoms with van der Waals surface area (Å²) in [5.74, 6) is 2.96. The van der Waals surface area contributed by atoms with Crippen molar-refractivity contribution in [3.8, 4) is 0 Å². The Kier molecular flexibility index (Phi) is 3.68. The summed E-state index contributed by atoms with van der Waals surface area (Å²) < 4.78 is 5.49. The lowest BCUT2D eigenvalue weighted by Crippen LogP contribution is -2.54. The molecule has 2 N–H and O–H groups in total. The van der Waals surface area contributed by atoms with Gasteiger partial charge >= 0.3 is 0 Å². The van der Waals surface area contributed by atoms with Crippen molar-refractivity contribution >= 4 is 0 Å². The van der Waals surface area contributed by atoms with Crippen molar-refractivity contribution in [3.05, 3.63) is 24.2 Å². The summed E-state index contributed by atoms with van der Waals surface area (Å²) >= 11 is 0. The van der Waals surface area contributed by atoms with E-state index in [0.717, 1.165) is 30.7 Å². The molecule has 106 valence electrons. The molecule has 1 aromatic rings. The average Bonchev–Trinajstić information content (AvgIpc) is 3.18. The number of rotatable bonds is 5. The highest BCUT2D eigenvalue weighted by atomic mass is 16.3. The third kappa shape index (κ3) is 2.72. The highest BCUT2D eigenvalue weighted by Gasteiger charge is 2.43.